The van der Waals surface area contributed by atoms with E-state index in [1.54, 1.807) is 25.7 Å². The lowest BCUT2D eigenvalue weighted by Crippen LogP contribution is -2.69. The number of carbonyl (C=O) groups excluding carboxylic acids is 4. The molecule has 9 nitrogen and oxygen atoms in total. The minimum Gasteiger partial charge on any atom is -0.444 e. The van der Waals surface area contributed by atoms with Crippen LogP contribution in [0.1, 0.15) is 72.1 Å². The molecular weight excluding hydrogens is 412 g/mol. The van der Waals surface area contributed by atoms with Gasteiger partial charge in [0.25, 0.3) is 0 Å². The quantitative estimate of drug-likeness (QED) is 0.542. The molecule has 0 aromatic carbocycles. The maximum Gasteiger partial charge on any atom is 0.408 e. The summed E-state index contributed by atoms with van der Waals surface area (Å²) >= 11 is 0. The molecule has 1 saturated carbocycles. The molecule has 0 aromatic rings. The van der Waals surface area contributed by atoms with E-state index < -0.39 is 29.3 Å². The van der Waals surface area contributed by atoms with Crippen molar-refractivity contribution < 1.29 is 29.6 Å². The maximum absolute atomic E-state index is 13.4. The molecule has 0 aromatic heterocycles. The number of hydrogen-bond donors (Lipinski definition) is 3. The Bertz CT molecular complexity index is 790. The molecule has 5 N–H and O–H groups in total. The fourth-order valence-corrected chi connectivity index (χ4v) is 4.62. The van der Waals surface area contributed by atoms with Gasteiger partial charge in [0.2, 0.25) is 11.8 Å². The number of rotatable bonds is 2. The van der Waals surface area contributed by atoms with Crippen molar-refractivity contribution in [3.05, 3.63) is 12.2 Å². The minimum atomic E-state index is -0.959. The van der Waals surface area contributed by atoms with E-state index >= 15 is 0 Å². The number of carbonyl (C=O) groups is 4. The summed E-state index contributed by atoms with van der Waals surface area (Å²) in [6.07, 6.45) is 9.16. The lowest BCUT2D eigenvalue weighted by atomic mass is 10.0. The average Bonchev–Trinajstić information content (AvgIpc) is 3.16. The van der Waals surface area contributed by atoms with Crippen LogP contribution in [0.3, 0.4) is 0 Å². The van der Waals surface area contributed by atoms with Gasteiger partial charge in [0.05, 0.1) is 0 Å². The van der Waals surface area contributed by atoms with Crippen LogP contribution in [0.15, 0.2) is 12.2 Å². The number of nitrogens with one attached hydrogen (secondary N) is 2. The first-order valence-electron chi connectivity index (χ1n) is 11.7. The van der Waals surface area contributed by atoms with Crippen molar-refractivity contribution in [3.63, 3.8) is 0 Å². The van der Waals surface area contributed by atoms with Crippen molar-refractivity contribution in [1.29, 1.82) is 0 Å². The molecular formula is C23H37N4O5+. The van der Waals surface area contributed by atoms with Gasteiger partial charge in [-0.05, 0) is 59.3 Å². The first kappa shape index (κ1) is 24.2. The third kappa shape index (κ3) is 5.68. The van der Waals surface area contributed by atoms with E-state index in [2.05, 4.69) is 22.4 Å². The van der Waals surface area contributed by atoms with Gasteiger partial charge >= 0.3 is 12.0 Å². The van der Waals surface area contributed by atoms with Crippen LogP contribution < -0.4 is 16.4 Å². The van der Waals surface area contributed by atoms with E-state index in [9.17, 15) is 19.2 Å². The Morgan fingerprint density at radius 2 is 1.94 bits per heavy atom. The number of quaternary nitrogens is 1. The lowest BCUT2D eigenvalue weighted by molar-refractivity contribution is -0.310. The molecule has 4 atom stereocenters. The van der Waals surface area contributed by atoms with Crippen molar-refractivity contribution in [1.82, 2.24) is 15.5 Å². The second kappa shape index (κ2) is 9.60. The van der Waals surface area contributed by atoms with Crippen molar-refractivity contribution >= 4 is 23.8 Å². The van der Waals surface area contributed by atoms with E-state index in [1.165, 1.54) is 0 Å². The number of alkyl carbamates (subject to hydrolysis) is 1. The molecule has 0 spiro atoms. The van der Waals surface area contributed by atoms with Crippen LogP contribution in [0, 0.1) is 5.92 Å². The van der Waals surface area contributed by atoms with Crippen LogP contribution in [-0.4, -0.2) is 58.5 Å². The van der Waals surface area contributed by atoms with Gasteiger partial charge in [0.15, 0.2) is 5.54 Å². The van der Waals surface area contributed by atoms with Crippen LogP contribution in [0.5, 0.6) is 0 Å². The molecule has 3 rings (SSSR count). The smallest absolute Gasteiger partial charge is 0.408 e. The molecule has 32 heavy (non-hydrogen) atoms. The zero-order valence-electron chi connectivity index (χ0n) is 19.4. The Morgan fingerprint density at radius 1 is 1.19 bits per heavy atom. The monoisotopic (exact) mass is 449 g/mol. The van der Waals surface area contributed by atoms with E-state index in [4.69, 9.17) is 4.74 Å². The maximum atomic E-state index is 13.4. The summed E-state index contributed by atoms with van der Waals surface area (Å²) in [6, 6.07) is -1.41. The van der Waals surface area contributed by atoms with Gasteiger partial charge < -0.3 is 20.3 Å². The van der Waals surface area contributed by atoms with Gasteiger partial charge in [0, 0.05) is 12.5 Å². The molecule has 2 aliphatic heterocycles. The van der Waals surface area contributed by atoms with E-state index in [1.807, 2.05) is 6.08 Å². The third-order valence-electron chi connectivity index (χ3n) is 6.42. The predicted molar refractivity (Wildman–Crippen MR) is 117 cm³/mol. The zero-order valence-corrected chi connectivity index (χ0v) is 19.4. The number of amides is 4. The van der Waals surface area contributed by atoms with E-state index in [0.717, 1.165) is 25.7 Å². The molecule has 2 heterocycles. The summed E-state index contributed by atoms with van der Waals surface area (Å²) in [5.74, 6) is -0.947. The predicted octanol–water partition coefficient (Wildman–Crippen LogP) is 1.03. The first-order valence-corrected chi connectivity index (χ1v) is 11.7. The molecule has 0 radical (unpaired) electrons. The lowest BCUT2D eigenvalue weighted by Gasteiger charge is -2.30. The van der Waals surface area contributed by atoms with E-state index in [0.29, 0.717) is 32.2 Å². The fraction of sp³-hybridized carbons (Fsp3) is 0.739. The first-order chi connectivity index (χ1) is 15.0. The average molecular weight is 450 g/mol. The van der Waals surface area contributed by atoms with Gasteiger partial charge in [-0.15, -0.1) is 0 Å². The van der Waals surface area contributed by atoms with Gasteiger partial charge in [-0.1, -0.05) is 25.0 Å². The van der Waals surface area contributed by atoms with Gasteiger partial charge in [0.1, 0.15) is 17.7 Å². The minimum absolute atomic E-state index is 0.0475. The summed E-state index contributed by atoms with van der Waals surface area (Å²) < 4.78 is 5.35. The highest BCUT2D eigenvalue weighted by Crippen LogP contribution is 2.44. The van der Waals surface area contributed by atoms with Crippen molar-refractivity contribution in [2.24, 2.45) is 5.92 Å². The van der Waals surface area contributed by atoms with Crippen molar-refractivity contribution in [3.8, 4) is 0 Å². The fourth-order valence-electron chi connectivity index (χ4n) is 4.62. The van der Waals surface area contributed by atoms with Crippen LogP contribution >= 0.6 is 0 Å². The normalized spacial score (nSPS) is 31.5. The Morgan fingerprint density at radius 3 is 2.62 bits per heavy atom. The summed E-state index contributed by atoms with van der Waals surface area (Å²) in [7, 11) is 0. The molecule has 2 fully saturated rings. The topological polar surface area (TPSA) is 132 Å². The number of ether oxygens (including phenoxy) is 1. The number of nitrogens with zero attached hydrogens (tertiary/aromatic N) is 1. The Kier molecular flexibility index (Phi) is 7.27. The molecule has 1 saturated heterocycles. The highest BCUT2D eigenvalue weighted by atomic mass is 16.6. The Balaban J connectivity index is 1.79. The van der Waals surface area contributed by atoms with Gasteiger partial charge in [-0.25, -0.2) is 9.59 Å². The highest BCUT2D eigenvalue weighted by molar-refractivity contribution is 5.95. The second-order valence-electron chi connectivity index (χ2n) is 10.1. The summed E-state index contributed by atoms with van der Waals surface area (Å²) in [4.78, 5) is 52.7. The molecule has 3 aliphatic rings. The van der Waals surface area contributed by atoms with Gasteiger partial charge in [-0.2, -0.15) is 0 Å². The largest absolute Gasteiger partial charge is 0.444 e. The molecule has 178 valence electrons. The van der Waals surface area contributed by atoms with Gasteiger partial charge in [-0.3, -0.25) is 15.3 Å². The van der Waals surface area contributed by atoms with Crippen LogP contribution in [0.4, 0.5) is 4.79 Å². The number of allylic oxidation sites excluding steroid dienone is 1. The summed E-state index contributed by atoms with van der Waals surface area (Å²) in [5.41, 5.74) is 1.94. The summed E-state index contributed by atoms with van der Waals surface area (Å²) in [6.45, 7) is 5.75. The molecule has 9 heteroatoms. The Labute approximate surface area is 189 Å². The number of hydrogen-bond acceptors (Lipinski definition) is 5. The highest BCUT2D eigenvalue weighted by Gasteiger charge is 2.62. The molecule has 4 unspecified atom stereocenters. The standard InChI is InChI=1S/C23H36N4O5/c1-22(2,3)32-21(31)25-16-11-8-6-4-5-7-10-15-14-23(15,20(24)30)26-18(28)17-12-9-13-27(17)19(16)29/h7,10,15-17H,4-6,8-9,11-14H2,1-3H3,(H2,24,30)(H,25,31)(H,26,28)/p+1. The van der Waals surface area contributed by atoms with Crippen molar-refractivity contribution in [2.75, 3.05) is 6.54 Å². The third-order valence-corrected chi connectivity index (χ3v) is 6.42. The molecule has 0 bridgehead atoms. The number of fused-ring (bicyclic) bond motifs is 2. The zero-order chi connectivity index (χ0) is 23.5. The van der Waals surface area contributed by atoms with Crippen LogP contribution in [-0.2, 0) is 19.1 Å². The Hall–Kier alpha value is -2.42. The molecule has 1 aliphatic carbocycles. The van der Waals surface area contributed by atoms with Crippen LogP contribution in [0.2, 0.25) is 0 Å². The van der Waals surface area contributed by atoms with Crippen LogP contribution in [0.25, 0.3) is 0 Å². The second-order valence-corrected chi connectivity index (χ2v) is 10.1. The summed E-state index contributed by atoms with van der Waals surface area (Å²) in [5, 5.41) is 5.63. The molecule has 4 amide bonds. The van der Waals surface area contributed by atoms with E-state index in [-0.39, 0.29) is 23.6 Å². The SMILES string of the molecule is CC(C)(C)OC(=O)NC1CCCCCC=CC2CC2(C([NH3+])=O)NC(=O)C2CCCN2C1=O. The van der Waals surface area contributed by atoms with Crippen molar-refractivity contribution in [2.45, 2.75) is 95.4 Å².